The largest absolute Gasteiger partial charge is 0.490 e. The van der Waals surface area contributed by atoms with Gasteiger partial charge in [-0.2, -0.15) is 5.26 Å². The number of aliphatic hydroxyl groups excluding tert-OH is 1. The summed E-state index contributed by atoms with van der Waals surface area (Å²) in [7, 11) is 2.12. The summed E-state index contributed by atoms with van der Waals surface area (Å²) >= 11 is 1.42. The van der Waals surface area contributed by atoms with Gasteiger partial charge in [0, 0.05) is 50.6 Å². The van der Waals surface area contributed by atoms with Gasteiger partial charge in [0.2, 0.25) is 0 Å². The molecule has 2 N–H and O–H groups in total. The van der Waals surface area contributed by atoms with E-state index in [0.29, 0.717) is 36.2 Å². The fraction of sp³-hybridized carbons (Fsp3) is 0.609. The number of benzene rings is 1. The van der Waals surface area contributed by atoms with Gasteiger partial charge in [-0.1, -0.05) is 0 Å². The molecule has 1 aromatic rings. The Hall–Kier alpha value is -1.92. The molecule has 2 aliphatic heterocycles. The van der Waals surface area contributed by atoms with Crippen LogP contribution in [0.2, 0.25) is 0 Å². The molecule has 0 aromatic heterocycles. The number of ether oxygens (including phenoxy) is 2. The smallest absolute Gasteiger partial charge is 0.161 e. The molecule has 2 heterocycles. The van der Waals surface area contributed by atoms with Crippen molar-refractivity contribution >= 4 is 17.5 Å². The third kappa shape index (κ3) is 6.30. The van der Waals surface area contributed by atoms with Crippen molar-refractivity contribution in [3.05, 3.63) is 28.2 Å². The highest BCUT2D eigenvalue weighted by molar-refractivity contribution is 8.03. The number of hydrogen-bond acceptors (Lipinski definition) is 8. The lowest BCUT2D eigenvalue weighted by atomic mass is 9.97. The Morgan fingerprint density at radius 2 is 1.87 bits per heavy atom. The first kappa shape index (κ1) is 23.7. The molecular weight excluding hydrogens is 412 g/mol. The van der Waals surface area contributed by atoms with E-state index in [-0.39, 0.29) is 0 Å². The maximum atomic E-state index is 10.5. The van der Waals surface area contributed by atoms with Gasteiger partial charge in [0.1, 0.15) is 11.0 Å². The standard InChI is InChI=1S/C23H34N4O3S/c1-4-29-20-12-17-6-7-25-23(19(17)13-21(20)30-5-2)22(14-24)31-16-18(28)15-27-10-8-26(3)9-11-27/h12-13,18,25,28H,4-11,15-16H2,1-3H3. The Bertz CT molecular complexity index is 816. The number of nitrogens with one attached hydrogen (secondary N) is 1. The lowest BCUT2D eigenvalue weighted by molar-refractivity contribution is 0.0921. The summed E-state index contributed by atoms with van der Waals surface area (Å²) in [6, 6.07) is 6.36. The molecule has 0 amide bonds. The molecule has 1 unspecified atom stereocenters. The van der Waals surface area contributed by atoms with Gasteiger partial charge in [0.25, 0.3) is 0 Å². The van der Waals surface area contributed by atoms with E-state index in [1.165, 1.54) is 11.8 Å². The Labute approximate surface area is 190 Å². The second-order valence-corrected chi connectivity index (χ2v) is 8.91. The second kappa shape index (κ2) is 11.6. The van der Waals surface area contributed by atoms with E-state index in [4.69, 9.17) is 9.47 Å². The van der Waals surface area contributed by atoms with E-state index < -0.39 is 6.10 Å². The predicted octanol–water partition coefficient (Wildman–Crippen LogP) is 2.16. The molecule has 0 spiro atoms. The number of piperazine rings is 1. The zero-order valence-corrected chi connectivity index (χ0v) is 19.6. The van der Waals surface area contributed by atoms with Crippen LogP contribution >= 0.6 is 11.8 Å². The summed E-state index contributed by atoms with van der Waals surface area (Å²) in [6.07, 6.45) is 0.389. The average Bonchev–Trinajstić information content (AvgIpc) is 2.76. The minimum Gasteiger partial charge on any atom is -0.490 e. The summed E-state index contributed by atoms with van der Waals surface area (Å²) < 4.78 is 11.6. The first-order chi connectivity index (χ1) is 15.0. The quantitative estimate of drug-likeness (QED) is 0.559. The number of thioether (sulfide) groups is 1. The van der Waals surface area contributed by atoms with E-state index in [0.717, 1.165) is 61.7 Å². The van der Waals surface area contributed by atoms with E-state index in [9.17, 15) is 10.4 Å². The van der Waals surface area contributed by atoms with Crippen LogP contribution < -0.4 is 14.8 Å². The predicted molar refractivity (Wildman–Crippen MR) is 125 cm³/mol. The molecular formula is C23H34N4O3S. The summed E-state index contributed by atoms with van der Waals surface area (Å²) in [6.45, 7) is 10.4. The Kier molecular flexibility index (Phi) is 8.90. The lowest BCUT2D eigenvalue weighted by Crippen LogP contribution is -2.47. The van der Waals surface area contributed by atoms with Gasteiger partial charge in [0.05, 0.1) is 25.0 Å². The maximum Gasteiger partial charge on any atom is 0.161 e. The van der Waals surface area contributed by atoms with Crippen molar-refractivity contribution in [1.29, 1.82) is 5.26 Å². The molecule has 1 saturated heterocycles. The number of hydrogen-bond donors (Lipinski definition) is 2. The summed E-state index contributed by atoms with van der Waals surface area (Å²) in [4.78, 5) is 5.20. The van der Waals surface area contributed by atoms with Crippen molar-refractivity contribution < 1.29 is 14.6 Å². The number of aliphatic hydroxyl groups is 1. The first-order valence-corrected chi connectivity index (χ1v) is 12.1. The number of β-amino-alcohol motifs (C(OH)–C–C–N with tert-alkyl or cyclic N) is 1. The van der Waals surface area contributed by atoms with E-state index in [2.05, 4.69) is 28.2 Å². The molecule has 170 valence electrons. The highest BCUT2D eigenvalue weighted by Gasteiger charge is 2.23. The van der Waals surface area contributed by atoms with E-state index in [1.54, 1.807) is 0 Å². The molecule has 1 fully saturated rings. The monoisotopic (exact) mass is 446 g/mol. The molecule has 2 aliphatic rings. The third-order valence-electron chi connectivity index (χ3n) is 5.55. The number of likely N-dealkylation sites (N-methyl/N-ethyl adjacent to an activating group) is 1. The van der Waals surface area contributed by atoms with Gasteiger partial charge in [0.15, 0.2) is 11.5 Å². The Balaban J connectivity index is 1.74. The molecule has 0 saturated carbocycles. The fourth-order valence-corrected chi connectivity index (χ4v) is 4.77. The van der Waals surface area contributed by atoms with Crippen molar-refractivity contribution in [2.24, 2.45) is 0 Å². The van der Waals surface area contributed by atoms with Crippen LogP contribution in [0.3, 0.4) is 0 Å². The van der Waals surface area contributed by atoms with Crippen molar-refractivity contribution in [3.63, 3.8) is 0 Å². The van der Waals surface area contributed by atoms with Gasteiger partial charge >= 0.3 is 0 Å². The highest BCUT2D eigenvalue weighted by atomic mass is 32.2. The summed E-state index contributed by atoms with van der Waals surface area (Å²) in [5.41, 5.74) is 2.95. The van der Waals surface area contributed by atoms with Crippen molar-refractivity contribution in [1.82, 2.24) is 15.1 Å². The van der Waals surface area contributed by atoms with Crippen molar-refractivity contribution in [3.8, 4) is 17.6 Å². The molecule has 1 aromatic carbocycles. The summed E-state index contributed by atoms with van der Waals surface area (Å²) in [5, 5.41) is 23.8. The third-order valence-corrected chi connectivity index (χ3v) is 6.68. The number of nitrogens with zero attached hydrogens (tertiary/aromatic N) is 3. The number of nitriles is 1. The maximum absolute atomic E-state index is 10.5. The van der Waals surface area contributed by atoms with Crippen LogP contribution in [-0.4, -0.2) is 86.3 Å². The van der Waals surface area contributed by atoms with Crippen molar-refractivity contribution in [2.45, 2.75) is 26.4 Å². The molecule has 31 heavy (non-hydrogen) atoms. The van der Waals surface area contributed by atoms with Gasteiger partial charge in [-0.15, -0.1) is 11.8 Å². The first-order valence-electron chi connectivity index (χ1n) is 11.1. The van der Waals surface area contributed by atoms with Gasteiger partial charge in [-0.05, 0) is 45.0 Å². The van der Waals surface area contributed by atoms with Crippen LogP contribution in [-0.2, 0) is 6.42 Å². The van der Waals surface area contributed by atoms with E-state index in [1.807, 2.05) is 26.0 Å². The Morgan fingerprint density at radius 3 is 2.52 bits per heavy atom. The zero-order valence-electron chi connectivity index (χ0n) is 18.8. The molecule has 7 nitrogen and oxygen atoms in total. The van der Waals surface area contributed by atoms with Crippen LogP contribution in [0.5, 0.6) is 11.5 Å². The fourth-order valence-electron chi connectivity index (χ4n) is 3.92. The number of rotatable bonds is 9. The topological polar surface area (TPSA) is 81.0 Å². The SMILES string of the molecule is CCOc1cc2c(cc1OCC)C(=C(C#N)SCC(O)CN1CCN(C)CC1)NCC2. The van der Waals surface area contributed by atoms with Crippen LogP contribution in [0, 0.1) is 11.3 Å². The minimum atomic E-state index is -0.472. The number of fused-ring (bicyclic) bond motifs is 1. The van der Waals surface area contributed by atoms with E-state index >= 15 is 0 Å². The molecule has 1 atom stereocenters. The lowest BCUT2D eigenvalue weighted by Gasteiger charge is -2.33. The zero-order chi connectivity index (χ0) is 22.2. The molecule has 0 bridgehead atoms. The van der Waals surface area contributed by atoms with Crippen LogP contribution in [0.4, 0.5) is 0 Å². The Morgan fingerprint density at radius 1 is 1.19 bits per heavy atom. The normalized spacial score (nSPS) is 19.7. The molecule has 8 heteroatoms. The van der Waals surface area contributed by atoms with Crippen LogP contribution in [0.1, 0.15) is 25.0 Å². The average molecular weight is 447 g/mol. The van der Waals surface area contributed by atoms with Crippen LogP contribution in [0.25, 0.3) is 5.70 Å². The minimum absolute atomic E-state index is 0.472. The molecule has 0 radical (unpaired) electrons. The van der Waals surface area contributed by atoms with Crippen molar-refractivity contribution in [2.75, 3.05) is 65.3 Å². The van der Waals surface area contributed by atoms with Gasteiger partial charge in [-0.3, -0.25) is 4.90 Å². The molecule has 0 aliphatic carbocycles. The van der Waals surface area contributed by atoms with Crippen LogP contribution in [0.15, 0.2) is 17.0 Å². The molecule has 3 rings (SSSR count). The second-order valence-electron chi connectivity index (χ2n) is 7.88. The van der Waals surface area contributed by atoms with Gasteiger partial charge < -0.3 is 24.8 Å². The number of allylic oxidation sites excluding steroid dienone is 1. The van der Waals surface area contributed by atoms with Gasteiger partial charge in [-0.25, -0.2) is 0 Å². The summed E-state index contributed by atoms with van der Waals surface area (Å²) in [5.74, 6) is 1.94. The highest BCUT2D eigenvalue weighted by Crippen LogP contribution is 2.37.